The molecule has 50 heavy (non-hydrogen) atoms. The molecule has 0 N–H and O–H groups in total. The normalized spacial score (nSPS) is 11.2. The fourth-order valence-corrected chi connectivity index (χ4v) is 6.78. The number of nitrogens with zero attached hydrogens (tertiary/aromatic N) is 2. The van der Waals surface area contributed by atoms with Crippen molar-refractivity contribution in [1.82, 2.24) is 4.98 Å². The number of benzene rings is 8. The molecule has 0 aliphatic carbocycles. The zero-order valence-electron chi connectivity index (χ0n) is 27.3. The molecular weight excluding hydrogens is 609 g/mol. The van der Waals surface area contributed by atoms with E-state index in [1.165, 1.54) is 11.1 Å². The summed E-state index contributed by atoms with van der Waals surface area (Å²) in [6.07, 6.45) is 0. The molecule has 0 saturated heterocycles. The van der Waals surface area contributed by atoms with Gasteiger partial charge in [-0.05, 0) is 87.8 Å². The molecule has 9 rings (SSSR count). The molecule has 3 nitrogen and oxygen atoms in total. The Morgan fingerprint density at radius 1 is 0.400 bits per heavy atom. The Morgan fingerprint density at radius 2 is 0.920 bits per heavy atom. The number of rotatable bonds is 7. The van der Waals surface area contributed by atoms with E-state index in [2.05, 4.69) is 163 Å². The van der Waals surface area contributed by atoms with Gasteiger partial charge < -0.3 is 9.32 Å². The highest BCUT2D eigenvalue weighted by molar-refractivity contribution is 6.05. The van der Waals surface area contributed by atoms with Crippen molar-refractivity contribution in [2.24, 2.45) is 0 Å². The molecule has 0 amide bonds. The van der Waals surface area contributed by atoms with E-state index in [1.54, 1.807) is 0 Å². The molecule has 1 aromatic heterocycles. The van der Waals surface area contributed by atoms with E-state index in [0.717, 1.165) is 66.8 Å². The number of fused-ring (bicyclic) bond motifs is 3. The monoisotopic (exact) mass is 640 g/mol. The van der Waals surface area contributed by atoms with Crippen molar-refractivity contribution < 1.29 is 4.42 Å². The highest BCUT2D eigenvalue weighted by Gasteiger charge is 2.17. The van der Waals surface area contributed by atoms with Gasteiger partial charge in [-0.3, -0.25) is 0 Å². The topological polar surface area (TPSA) is 29.3 Å². The maximum Gasteiger partial charge on any atom is 0.227 e. The van der Waals surface area contributed by atoms with Crippen molar-refractivity contribution in [3.8, 4) is 44.8 Å². The van der Waals surface area contributed by atoms with Gasteiger partial charge in [-0.1, -0.05) is 140 Å². The lowest BCUT2D eigenvalue weighted by Crippen LogP contribution is -2.11. The summed E-state index contributed by atoms with van der Waals surface area (Å²) in [5, 5.41) is 2.18. The predicted molar refractivity (Wildman–Crippen MR) is 208 cm³/mol. The van der Waals surface area contributed by atoms with Gasteiger partial charge in [-0.15, -0.1) is 0 Å². The standard InChI is InChI=1S/C47H32N2O/c1-4-12-33(13-5-1)34-26-29-41(30-27-34)49(40-16-8-3-9-17-40)45-19-11-10-18-42(45)36-22-20-35(21-23-36)39-25-24-37-28-31-44-46(43(37)32-39)50-47(48-44)38-14-6-2-7-15-38/h1-32H. The Kier molecular flexibility index (Phi) is 7.49. The van der Waals surface area contributed by atoms with Crippen LogP contribution in [0.4, 0.5) is 17.1 Å². The van der Waals surface area contributed by atoms with Gasteiger partial charge in [0, 0.05) is 27.9 Å². The average molecular weight is 641 g/mol. The van der Waals surface area contributed by atoms with Crippen LogP contribution >= 0.6 is 0 Å². The molecule has 236 valence electrons. The van der Waals surface area contributed by atoms with Gasteiger partial charge in [-0.25, -0.2) is 4.98 Å². The summed E-state index contributed by atoms with van der Waals surface area (Å²) in [4.78, 5) is 7.14. The molecule has 0 bridgehead atoms. The summed E-state index contributed by atoms with van der Waals surface area (Å²) in [6.45, 7) is 0. The largest absolute Gasteiger partial charge is 0.435 e. The third-order valence-corrected chi connectivity index (χ3v) is 9.31. The fourth-order valence-electron chi connectivity index (χ4n) is 6.78. The maximum absolute atomic E-state index is 6.36. The quantitative estimate of drug-likeness (QED) is 0.174. The minimum atomic E-state index is 0.637. The van der Waals surface area contributed by atoms with Gasteiger partial charge in [0.2, 0.25) is 5.89 Å². The number of aromatic nitrogens is 1. The highest BCUT2D eigenvalue weighted by Crippen LogP contribution is 2.42. The van der Waals surface area contributed by atoms with Crippen molar-refractivity contribution in [1.29, 1.82) is 0 Å². The van der Waals surface area contributed by atoms with E-state index in [-0.39, 0.29) is 0 Å². The molecule has 8 aromatic carbocycles. The van der Waals surface area contributed by atoms with Gasteiger partial charge in [0.1, 0.15) is 5.52 Å². The minimum Gasteiger partial charge on any atom is -0.435 e. The lowest BCUT2D eigenvalue weighted by molar-refractivity contribution is 0.623. The lowest BCUT2D eigenvalue weighted by atomic mass is 9.97. The molecule has 0 fully saturated rings. The number of hydrogen-bond donors (Lipinski definition) is 0. The Balaban J connectivity index is 1.08. The van der Waals surface area contributed by atoms with E-state index in [9.17, 15) is 0 Å². The second-order valence-corrected chi connectivity index (χ2v) is 12.4. The first-order valence-corrected chi connectivity index (χ1v) is 16.9. The van der Waals surface area contributed by atoms with Crippen LogP contribution in [0.3, 0.4) is 0 Å². The molecule has 0 unspecified atom stereocenters. The van der Waals surface area contributed by atoms with Crippen molar-refractivity contribution in [3.05, 3.63) is 194 Å². The van der Waals surface area contributed by atoms with Crippen LogP contribution in [-0.4, -0.2) is 4.98 Å². The van der Waals surface area contributed by atoms with E-state index < -0.39 is 0 Å². The molecule has 0 saturated carbocycles. The molecule has 0 aliphatic rings. The first-order valence-electron chi connectivity index (χ1n) is 16.9. The molecule has 9 aromatic rings. The fraction of sp³-hybridized carbons (Fsp3) is 0. The van der Waals surface area contributed by atoms with Crippen LogP contribution < -0.4 is 4.90 Å². The van der Waals surface area contributed by atoms with Crippen molar-refractivity contribution in [2.45, 2.75) is 0 Å². The van der Waals surface area contributed by atoms with Crippen LogP contribution in [0, 0.1) is 0 Å². The third-order valence-electron chi connectivity index (χ3n) is 9.31. The molecule has 0 spiro atoms. The Hall–Kier alpha value is -6.71. The molecular formula is C47H32N2O. The summed E-state index contributed by atoms with van der Waals surface area (Å²) in [5.74, 6) is 0.637. The second-order valence-electron chi connectivity index (χ2n) is 12.4. The van der Waals surface area contributed by atoms with Gasteiger partial charge in [0.15, 0.2) is 5.58 Å². The van der Waals surface area contributed by atoms with Crippen LogP contribution in [0.2, 0.25) is 0 Å². The Morgan fingerprint density at radius 3 is 1.66 bits per heavy atom. The summed E-state index contributed by atoms with van der Waals surface area (Å²) in [7, 11) is 0. The van der Waals surface area contributed by atoms with Crippen molar-refractivity contribution >= 4 is 38.9 Å². The molecule has 0 radical (unpaired) electrons. The second kappa shape index (κ2) is 12.7. The van der Waals surface area contributed by atoms with E-state index in [0.29, 0.717) is 5.89 Å². The summed E-state index contributed by atoms with van der Waals surface area (Å²) < 4.78 is 6.36. The first-order chi connectivity index (χ1) is 24.8. The van der Waals surface area contributed by atoms with Crippen molar-refractivity contribution in [3.63, 3.8) is 0 Å². The number of oxazole rings is 1. The van der Waals surface area contributed by atoms with E-state index in [4.69, 9.17) is 9.40 Å². The predicted octanol–water partition coefficient (Wildman–Crippen LogP) is 13.1. The van der Waals surface area contributed by atoms with Gasteiger partial charge in [0.25, 0.3) is 0 Å². The Labute approximate surface area is 291 Å². The number of para-hydroxylation sites is 2. The van der Waals surface area contributed by atoms with Crippen LogP contribution in [0.5, 0.6) is 0 Å². The molecule has 0 aliphatic heterocycles. The van der Waals surface area contributed by atoms with Crippen LogP contribution in [0.1, 0.15) is 0 Å². The number of anilines is 3. The first kappa shape index (κ1) is 29.4. The van der Waals surface area contributed by atoms with E-state index >= 15 is 0 Å². The molecule has 3 heteroatoms. The third kappa shape index (κ3) is 5.51. The maximum atomic E-state index is 6.36. The van der Waals surface area contributed by atoms with Crippen LogP contribution in [-0.2, 0) is 0 Å². The lowest BCUT2D eigenvalue weighted by Gasteiger charge is -2.28. The van der Waals surface area contributed by atoms with Gasteiger partial charge in [0.05, 0.1) is 5.69 Å². The minimum absolute atomic E-state index is 0.637. The molecule has 1 heterocycles. The average Bonchev–Trinajstić information content (AvgIpc) is 3.65. The Bertz CT molecular complexity index is 2560. The number of hydrogen-bond acceptors (Lipinski definition) is 3. The SMILES string of the molecule is c1ccc(-c2ccc(N(c3ccccc3)c3ccccc3-c3ccc(-c4ccc5ccc6nc(-c7ccccc7)oc6c5c4)cc3)cc2)cc1. The van der Waals surface area contributed by atoms with Crippen LogP contribution in [0.15, 0.2) is 199 Å². The van der Waals surface area contributed by atoms with E-state index in [1.807, 2.05) is 36.4 Å². The van der Waals surface area contributed by atoms with Gasteiger partial charge >= 0.3 is 0 Å². The summed E-state index contributed by atoms with van der Waals surface area (Å²) in [6, 6.07) is 68.2. The highest BCUT2D eigenvalue weighted by atomic mass is 16.3. The molecule has 0 atom stereocenters. The summed E-state index contributed by atoms with van der Waals surface area (Å²) in [5.41, 5.74) is 13.0. The van der Waals surface area contributed by atoms with Gasteiger partial charge in [-0.2, -0.15) is 0 Å². The summed E-state index contributed by atoms with van der Waals surface area (Å²) >= 11 is 0. The zero-order chi connectivity index (χ0) is 33.3. The smallest absolute Gasteiger partial charge is 0.227 e. The zero-order valence-corrected chi connectivity index (χ0v) is 27.3. The van der Waals surface area contributed by atoms with Crippen LogP contribution in [0.25, 0.3) is 66.7 Å². The van der Waals surface area contributed by atoms with Crippen molar-refractivity contribution in [2.75, 3.05) is 4.90 Å².